The molecule has 0 aliphatic heterocycles. The number of halogens is 1. The van der Waals surface area contributed by atoms with Gasteiger partial charge >= 0.3 is 0 Å². The molecule has 0 saturated carbocycles. The van der Waals surface area contributed by atoms with E-state index in [0.29, 0.717) is 0 Å². The van der Waals surface area contributed by atoms with Crippen LogP contribution in [0.4, 0.5) is 0 Å². The molecular weight excluding hydrogens is 178 g/mol. The van der Waals surface area contributed by atoms with Crippen molar-refractivity contribution in [1.29, 1.82) is 0 Å². The molecule has 50 valence electrons. The van der Waals surface area contributed by atoms with Gasteiger partial charge in [0.2, 0.25) is 0 Å². The minimum atomic E-state index is 0.731. The summed E-state index contributed by atoms with van der Waals surface area (Å²) in [6.45, 7) is 5.40. The number of hydrogen-bond donors (Lipinski definition) is 1. The van der Waals surface area contributed by atoms with Crippen molar-refractivity contribution >= 4 is 15.9 Å². The summed E-state index contributed by atoms with van der Waals surface area (Å²) >= 11 is 3.24. The lowest BCUT2D eigenvalue weighted by atomic mass is 10.4. The Hall–Kier alpha value is -0.500. The van der Waals surface area contributed by atoms with Gasteiger partial charge in [-0.3, -0.25) is 0 Å². The first kappa shape index (κ1) is 8.50. The predicted molar refractivity (Wildman–Crippen MR) is 45.2 cm³/mol. The highest BCUT2D eigenvalue weighted by atomic mass is 79.9. The van der Waals surface area contributed by atoms with Gasteiger partial charge in [-0.15, -0.1) is 0 Å². The van der Waals surface area contributed by atoms with Gasteiger partial charge in [0.1, 0.15) is 0 Å². The SMILES string of the molecule is C=C/C=C\C(N)=C(/C)Br. The van der Waals surface area contributed by atoms with Gasteiger partial charge < -0.3 is 5.73 Å². The number of hydrogen-bond acceptors (Lipinski definition) is 1. The molecule has 1 nitrogen and oxygen atoms in total. The van der Waals surface area contributed by atoms with Gasteiger partial charge in [0, 0.05) is 10.2 Å². The summed E-state index contributed by atoms with van der Waals surface area (Å²) in [6, 6.07) is 0. The molecule has 0 aliphatic carbocycles. The third-order valence-corrected chi connectivity index (χ3v) is 1.27. The van der Waals surface area contributed by atoms with E-state index in [-0.39, 0.29) is 0 Å². The molecule has 0 rings (SSSR count). The van der Waals surface area contributed by atoms with Crippen LogP contribution in [0.5, 0.6) is 0 Å². The van der Waals surface area contributed by atoms with Crippen molar-refractivity contribution in [2.75, 3.05) is 0 Å². The highest BCUT2D eigenvalue weighted by molar-refractivity contribution is 9.11. The molecular formula is C7H10BrN. The van der Waals surface area contributed by atoms with Gasteiger partial charge in [-0.05, 0) is 13.0 Å². The molecule has 0 amide bonds. The van der Waals surface area contributed by atoms with E-state index in [1.807, 2.05) is 6.92 Å². The Morgan fingerprint density at radius 1 is 1.67 bits per heavy atom. The molecule has 0 atom stereocenters. The third-order valence-electron chi connectivity index (χ3n) is 0.810. The second-order valence-corrected chi connectivity index (χ2v) is 2.77. The summed E-state index contributed by atoms with van der Waals surface area (Å²) in [5.74, 6) is 0. The van der Waals surface area contributed by atoms with E-state index in [1.54, 1.807) is 18.2 Å². The molecule has 0 saturated heterocycles. The van der Waals surface area contributed by atoms with Crippen LogP contribution in [0.1, 0.15) is 6.92 Å². The first-order valence-corrected chi connectivity index (χ1v) is 3.38. The normalized spacial score (nSPS) is 13.6. The van der Waals surface area contributed by atoms with Crippen LogP contribution in [0, 0.1) is 0 Å². The fourth-order valence-corrected chi connectivity index (χ4v) is 0.419. The Labute approximate surface area is 64.1 Å². The van der Waals surface area contributed by atoms with Gasteiger partial charge in [-0.2, -0.15) is 0 Å². The molecule has 0 bridgehead atoms. The van der Waals surface area contributed by atoms with E-state index in [2.05, 4.69) is 22.5 Å². The zero-order chi connectivity index (χ0) is 7.28. The summed E-state index contributed by atoms with van der Waals surface area (Å²) in [4.78, 5) is 0. The van der Waals surface area contributed by atoms with Crippen molar-refractivity contribution in [3.05, 3.63) is 35.0 Å². The Kier molecular flexibility index (Phi) is 4.14. The van der Waals surface area contributed by atoms with Crippen molar-refractivity contribution in [3.8, 4) is 0 Å². The maximum absolute atomic E-state index is 5.50. The first-order valence-electron chi connectivity index (χ1n) is 2.59. The standard InChI is InChI=1S/C7H10BrN/c1-3-4-5-7(9)6(2)8/h3-5H,1,9H2,2H3/b5-4-,7-6-. The summed E-state index contributed by atoms with van der Waals surface area (Å²) in [5.41, 5.74) is 6.23. The molecule has 0 spiro atoms. The second kappa shape index (κ2) is 4.39. The zero-order valence-electron chi connectivity index (χ0n) is 5.39. The van der Waals surface area contributed by atoms with Crippen molar-refractivity contribution in [3.63, 3.8) is 0 Å². The lowest BCUT2D eigenvalue weighted by molar-refractivity contribution is 1.38. The van der Waals surface area contributed by atoms with Gasteiger partial charge in [0.15, 0.2) is 0 Å². The van der Waals surface area contributed by atoms with Gasteiger partial charge in [0.05, 0.1) is 0 Å². The smallest absolute Gasteiger partial charge is 0.0413 e. The lowest BCUT2D eigenvalue weighted by Gasteiger charge is -1.90. The Morgan fingerprint density at radius 2 is 2.22 bits per heavy atom. The molecule has 0 aromatic carbocycles. The third kappa shape index (κ3) is 4.03. The van der Waals surface area contributed by atoms with Crippen molar-refractivity contribution in [1.82, 2.24) is 0 Å². The highest BCUT2D eigenvalue weighted by Gasteiger charge is 1.84. The van der Waals surface area contributed by atoms with Crippen molar-refractivity contribution in [2.24, 2.45) is 5.73 Å². The van der Waals surface area contributed by atoms with E-state index in [0.717, 1.165) is 10.2 Å². The van der Waals surface area contributed by atoms with Crippen LogP contribution in [0.3, 0.4) is 0 Å². The minimum Gasteiger partial charge on any atom is -0.398 e. The van der Waals surface area contributed by atoms with Crippen LogP contribution in [0.15, 0.2) is 35.0 Å². The molecule has 9 heavy (non-hydrogen) atoms. The second-order valence-electron chi connectivity index (χ2n) is 1.58. The molecule has 0 aromatic rings. The lowest BCUT2D eigenvalue weighted by Crippen LogP contribution is -1.92. The maximum atomic E-state index is 5.50. The van der Waals surface area contributed by atoms with Gasteiger partial charge in [-0.25, -0.2) is 0 Å². The van der Waals surface area contributed by atoms with E-state index in [4.69, 9.17) is 5.73 Å². The molecule has 2 heteroatoms. The zero-order valence-corrected chi connectivity index (χ0v) is 6.98. The topological polar surface area (TPSA) is 26.0 Å². The van der Waals surface area contributed by atoms with Gasteiger partial charge in [0.25, 0.3) is 0 Å². The maximum Gasteiger partial charge on any atom is 0.0413 e. The Bertz CT molecular complexity index is 152. The van der Waals surface area contributed by atoms with E-state index in [9.17, 15) is 0 Å². The number of rotatable bonds is 2. The molecule has 0 aliphatic rings. The van der Waals surface area contributed by atoms with Crippen LogP contribution >= 0.6 is 15.9 Å². The minimum absolute atomic E-state index is 0.731. The van der Waals surface area contributed by atoms with Gasteiger partial charge in [-0.1, -0.05) is 34.7 Å². The predicted octanol–water partition coefficient (Wildman–Crippen LogP) is 2.31. The van der Waals surface area contributed by atoms with Crippen LogP contribution in [0.2, 0.25) is 0 Å². The quantitative estimate of drug-likeness (QED) is 0.661. The van der Waals surface area contributed by atoms with E-state index >= 15 is 0 Å². The monoisotopic (exact) mass is 187 g/mol. The molecule has 0 fully saturated rings. The number of allylic oxidation sites excluding steroid dienone is 4. The Morgan fingerprint density at radius 3 is 2.56 bits per heavy atom. The molecule has 0 heterocycles. The highest BCUT2D eigenvalue weighted by Crippen LogP contribution is 2.06. The molecule has 0 aromatic heterocycles. The van der Waals surface area contributed by atoms with Crippen LogP contribution in [-0.2, 0) is 0 Å². The summed E-state index contributed by atoms with van der Waals surface area (Å²) in [5, 5.41) is 0. The fraction of sp³-hybridized carbons (Fsp3) is 0.143. The average molecular weight is 188 g/mol. The Balaban J connectivity index is 4.06. The van der Waals surface area contributed by atoms with E-state index < -0.39 is 0 Å². The van der Waals surface area contributed by atoms with Crippen molar-refractivity contribution in [2.45, 2.75) is 6.92 Å². The number of nitrogens with two attached hydrogens (primary N) is 1. The summed E-state index contributed by atoms with van der Waals surface area (Å²) in [7, 11) is 0. The summed E-state index contributed by atoms with van der Waals surface area (Å²) in [6.07, 6.45) is 5.26. The summed E-state index contributed by atoms with van der Waals surface area (Å²) < 4.78 is 0.945. The van der Waals surface area contributed by atoms with Crippen LogP contribution in [-0.4, -0.2) is 0 Å². The largest absolute Gasteiger partial charge is 0.398 e. The molecule has 0 radical (unpaired) electrons. The van der Waals surface area contributed by atoms with Crippen LogP contribution < -0.4 is 5.73 Å². The first-order chi connectivity index (χ1) is 4.18. The van der Waals surface area contributed by atoms with Crippen LogP contribution in [0.25, 0.3) is 0 Å². The molecule has 0 unspecified atom stereocenters. The molecule has 2 N–H and O–H groups in total. The fourth-order valence-electron chi connectivity index (χ4n) is 0.287. The van der Waals surface area contributed by atoms with Crippen molar-refractivity contribution < 1.29 is 0 Å². The average Bonchev–Trinajstić information content (AvgIpc) is 1.82. The van der Waals surface area contributed by atoms with E-state index in [1.165, 1.54) is 0 Å².